The maximum absolute atomic E-state index is 5.13. The number of benzene rings is 7. The van der Waals surface area contributed by atoms with E-state index in [1.165, 1.54) is 49.6 Å². The van der Waals surface area contributed by atoms with Crippen molar-refractivity contribution in [2.24, 2.45) is 0 Å². The van der Waals surface area contributed by atoms with Gasteiger partial charge in [0.1, 0.15) is 5.82 Å². The van der Waals surface area contributed by atoms with E-state index in [0.29, 0.717) is 0 Å². The Morgan fingerprint density at radius 1 is 0.479 bits per heavy atom. The molecule has 0 amide bonds. The van der Waals surface area contributed by atoms with Crippen LogP contribution >= 0.6 is 0 Å². The number of hydrogen-bond acceptors (Lipinski definition) is 1. The van der Waals surface area contributed by atoms with E-state index < -0.39 is 0 Å². The summed E-state index contributed by atoms with van der Waals surface area (Å²) in [6, 6.07) is 61.3. The number of aromatic nitrogens is 3. The first kappa shape index (κ1) is 27.0. The summed E-state index contributed by atoms with van der Waals surface area (Å²) in [7, 11) is 0. The maximum atomic E-state index is 5.13. The lowest BCUT2D eigenvalue weighted by Gasteiger charge is -2.29. The molecule has 226 valence electrons. The van der Waals surface area contributed by atoms with Gasteiger partial charge >= 0.3 is 0 Å². The summed E-state index contributed by atoms with van der Waals surface area (Å²) in [4.78, 5) is 5.13. The Morgan fingerprint density at radius 3 is 1.94 bits per heavy atom. The fraction of sp³-hybridized carbons (Fsp3) is 0.0444. The summed E-state index contributed by atoms with van der Waals surface area (Å²) in [5.74, 6) is 0.934. The maximum Gasteiger partial charge on any atom is 0.145 e. The van der Waals surface area contributed by atoms with E-state index in [1.54, 1.807) is 0 Å². The third-order valence-electron chi connectivity index (χ3n) is 10.4. The van der Waals surface area contributed by atoms with Crippen LogP contribution in [0.4, 0.5) is 0 Å². The van der Waals surface area contributed by atoms with Crippen LogP contribution in [0.5, 0.6) is 0 Å². The van der Waals surface area contributed by atoms with Crippen LogP contribution in [0.3, 0.4) is 0 Å². The van der Waals surface area contributed by atoms with E-state index in [2.05, 4.69) is 186 Å². The minimum absolute atomic E-state index is 0.320. The van der Waals surface area contributed by atoms with Gasteiger partial charge in [-0.05, 0) is 89.3 Å². The average molecular weight is 614 g/mol. The molecular formula is C45H31N3. The van der Waals surface area contributed by atoms with Crippen molar-refractivity contribution in [3.8, 4) is 33.9 Å². The second-order valence-corrected chi connectivity index (χ2v) is 12.9. The van der Waals surface area contributed by atoms with Crippen molar-refractivity contribution in [2.75, 3.05) is 0 Å². The van der Waals surface area contributed by atoms with Gasteiger partial charge in [0.2, 0.25) is 0 Å². The second-order valence-electron chi connectivity index (χ2n) is 12.9. The molecule has 48 heavy (non-hydrogen) atoms. The normalized spacial score (nSPS) is 15.3. The summed E-state index contributed by atoms with van der Waals surface area (Å²) < 4.78 is 4.75. The molecule has 0 saturated carbocycles. The first-order valence-corrected chi connectivity index (χ1v) is 16.6. The molecule has 1 atom stereocenters. The Kier molecular flexibility index (Phi) is 5.71. The monoisotopic (exact) mass is 613 g/mol. The van der Waals surface area contributed by atoms with Crippen molar-refractivity contribution >= 4 is 32.8 Å². The molecule has 2 aromatic heterocycles. The smallest absolute Gasteiger partial charge is 0.145 e. The first-order chi connectivity index (χ1) is 23.7. The van der Waals surface area contributed by atoms with Crippen molar-refractivity contribution in [1.82, 2.24) is 14.1 Å². The van der Waals surface area contributed by atoms with Crippen LogP contribution in [-0.4, -0.2) is 14.1 Å². The molecule has 0 radical (unpaired) electrons. The highest BCUT2D eigenvalue weighted by Crippen LogP contribution is 2.55. The van der Waals surface area contributed by atoms with Crippen molar-refractivity contribution in [2.45, 2.75) is 12.3 Å². The molecule has 9 aromatic rings. The minimum atomic E-state index is -0.320. The predicted molar refractivity (Wildman–Crippen MR) is 198 cm³/mol. The average Bonchev–Trinajstić information content (AvgIpc) is 3.79. The SMILES string of the molecule is CC1(c2ccccc2)c2ccccc2-c2ccc3c4ccccc4n(-c4ccc(-c5nc6ccccc6n5-c5ccccc5)cc4)c3c21. The van der Waals surface area contributed by atoms with Crippen LogP contribution < -0.4 is 0 Å². The van der Waals surface area contributed by atoms with Crippen LogP contribution in [-0.2, 0) is 5.41 Å². The van der Waals surface area contributed by atoms with E-state index in [-0.39, 0.29) is 5.41 Å². The standard InChI is InChI=1S/C45H31N3/c1-45(31-14-4-2-5-15-31)38-20-10-8-18-34(38)36-28-29-37-35-19-9-12-22-40(35)47(43(37)42(36)45)33-26-24-30(25-27-33)44-46-39-21-11-13-23-41(39)48(44)32-16-6-3-7-17-32/h2-29H,1H3. The zero-order chi connectivity index (χ0) is 31.8. The number of rotatable bonds is 4. The Morgan fingerprint density at radius 2 is 1.12 bits per heavy atom. The largest absolute Gasteiger partial charge is 0.309 e. The lowest BCUT2D eigenvalue weighted by molar-refractivity contribution is 0.717. The molecule has 0 N–H and O–H groups in total. The molecule has 2 heterocycles. The molecule has 0 fully saturated rings. The minimum Gasteiger partial charge on any atom is -0.309 e. The molecule has 0 bridgehead atoms. The highest BCUT2D eigenvalue weighted by Gasteiger charge is 2.43. The van der Waals surface area contributed by atoms with Gasteiger partial charge < -0.3 is 4.57 Å². The molecule has 1 unspecified atom stereocenters. The van der Waals surface area contributed by atoms with Crippen molar-refractivity contribution in [1.29, 1.82) is 0 Å². The summed E-state index contributed by atoms with van der Waals surface area (Å²) in [5.41, 5.74) is 14.2. The van der Waals surface area contributed by atoms with E-state index in [4.69, 9.17) is 4.98 Å². The van der Waals surface area contributed by atoms with Crippen LogP contribution in [0.2, 0.25) is 0 Å². The molecule has 0 aliphatic heterocycles. The summed E-state index contributed by atoms with van der Waals surface area (Å²) in [6.07, 6.45) is 0. The molecule has 3 heteroatoms. The van der Waals surface area contributed by atoms with Gasteiger partial charge in [0.05, 0.1) is 22.1 Å². The Labute approximate surface area is 279 Å². The lowest BCUT2D eigenvalue weighted by Crippen LogP contribution is -2.23. The third kappa shape index (κ3) is 3.67. The van der Waals surface area contributed by atoms with Gasteiger partial charge in [-0.25, -0.2) is 4.98 Å². The molecule has 3 nitrogen and oxygen atoms in total. The van der Waals surface area contributed by atoms with Crippen LogP contribution in [0.25, 0.3) is 66.7 Å². The van der Waals surface area contributed by atoms with Crippen LogP contribution in [0, 0.1) is 0 Å². The van der Waals surface area contributed by atoms with Crippen molar-refractivity contribution in [3.05, 3.63) is 187 Å². The molecular weight excluding hydrogens is 583 g/mol. The number of para-hydroxylation sites is 4. The number of imidazole rings is 1. The van der Waals surface area contributed by atoms with Gasteiger partial charge in [-0.3, -0.25) is 4.57 Å². The van der Waals surface area contributed by atoms with Gasteiger partial charge in [0.15, 0.2) is 0 Å². The van der Waals surface area contributed by atoms with Crippen LogP contribution in [0.15, 0.2) is 170 Å². The molecule has 7 aromatic carbocycles. The van der Waals surface area contributed by atoms with Gasteiger partial charge in [0, 0.05) is 33.1 Å². The Hall–Kier alpha value is -6.19. The molecule has 1 aliphatic rings. The molecule has 1 aliphatic carbocycles. The zero-order valence-corrected chi connectivity index (χ0v) is 26.5. The van der Waals surface area contributed by atoms with Crippen molar-refractivity contribution < 1.29 is 0 Å². The Balaban J connectivity index is 1.23. The van der Waals surface area contributed by atoms with E-state index in [0.717, 1.165) is 33.8 Å². The Bertz CT molecular complexity index is 2660. The summed E-state index contributed by atoms with van der Waals surface area (Å²) in [6.45, 7) is 2.41. The quantitative estimate of drug-likeness (QED) is 0.194. The number of hydrogen-bond donors (Lipinski definition) is 0. The lowest BCUT2D eigenvalue weighted by atomic mass is 9.73. The molecule has 0 spiro atoms. The highest BCUT2D eigenvalue weighted by molar-refractivity contribution is 6.13. The zero-order valence-electron chi connectivity index (χ0n) is 26.5. The van der Waals surface area contributed by atoms with Gasteiger partial charge in [-0.15, -0.1) is 0 Å². The summed E-state index contributed by atoms with van der Waals surface area (Å²) >= 11 is 0. The van der Waals surface area contributed by atoms with Gasteiger partial charge in [-0.2, -0.15) is 0 Å². The predicted octanol–water partition coefficient (Wildman–Crippen LogP) is 11.1. The summed E-state index contributed by atoms with van der Waals surface area (Å²) in [5, 5.41) is 2.53. The fourth-order valence-corrected chi connectivity index (χ4v) is 8.23. The van der Waals surface area contributed by atoms with Crippen molar-refractivity contribution in [3.63, 3.8) is 0 Å². The van der Waals surface area contributed by atoms with Gasteiger partial charge in [0.25, 0.3) is 0 Å². The fourth-order valence-electron chi connectivity index (χ4n) is 8.23. The van der Waals surface area contributed by atoms with E-state index in [9.17, 15) is 0 Å². The van der Waals surface area contributed by atoms with Gasteiger partial charge in [-0.1, -0.05) is 115 Å². The highest BCUT2D eigenvalue weighted by atomic mass is 15.1. The van der Waals surface area contributed by atoms with Crippen LogP contribution in [0.1, 0.15) is 23.6 Å². The second kappa shape index (κ2) is 10.2. The number of fused-ring (bicyclic) bond motifs is 8. The van der Waals surface area contributed by atoms with E-state index in [1.807, 2.05) is 0 Å². The molecule has 10 rings (SSSR count). The number of nitrogens with zero attached hydrogens (tertiary/aromatic N) is 3. The molecule has 0 saturated heterocycles. The first-order valence-electron chi connectivity index (χ1n) is 16.6. The third-order valence-corrected chi connectivity index (χ3v) is 10.4. The topological polar surface area (TPSA) is 22.8 Å². The van der Waals surface area contributed by atoms with E-state index >= 15 is 0 Å².